The highest BCUT2D eigenvalue weighted by Gasteiger charge is 2.65. The van der Waals surface area contributed by atoms with Gasteiger partial charge in [-0.2, -0.15) is 4.91 Å². The van der Waals surface area contributed by atoms with Crippen LogP contribution >= 0.6 is 0 Å². The molecule has 2 rings (SSSR count). The van der Waals surface area contributed by atoms with Crippen molar-refractivity contribution >= 4 is 5.91 Å². The van der Waals surface area contributed by atoms with Crippen LogP contribution in [0.3, 0.4) is 0 Å². The molecular weight excluding hydrogens is 240 g/mol. The second-order valence-corrected chi connectivity index (χ2v) is 5.40. The van der Waals surface area contributed by atoms with Crippen LogP contribution in [0.4, 0.5) is 0 Å². The molecule has 102 valence electrons. The Labute approximate surface area is 105 Å². The van der Waals surface area contributed by atoms with Crippen LogP contribution in [0.15, 0.2) is 5.18 Å². The standard InChI is InChI=1S/C11H18N2O5/c1-5(15)13-8-7(12-17)9(16)6(4-14)18-10(8)11(13,2)3/h6-10,14,16H,4H2,1-3H3. The molecule has 7 heteroatoms. The Hall–Kier alpha value is -1.05. The third kappa shape index (κ3) is 1.58. The molecule has 2 N–H and O–H groups in total. The first kappa shape index (κ1) is 13.4. The lowest BCUT2D eigenvalue weighted by molar-refractivity contribution is -0.269. The molecule has 0 spiro atoms. The summed E-state index contributed by atoms with van der Waals surface area (Å²) in [5.74, 6) is -0.187. The van der Waals surface area contributed by atoms with Gasteiger partial charge in [0.2, 0.25) is 5.91 Å². The van der Waals surface area contributed by atoms with Gasteiger partial charge in [-0.1, -0.05) is 5.18 Å². The van der Waals surface area contributed by atoms with Crippen LogP contribution in [0.25, 0.3) is 0 Å². The maximum Gasteiger partial charge on any atom is 0.220 e. The Morgan fingerprint density at radius 3 is 2.56 bits per heavy atom. The van der Waals surface area contributed by atoms with Crippen molar-refractivity contribution in [3.05, 3.63) is 4.91 Å². The van der Waals surface area contributed by atoms with Gasteiger partial charge in [-0.25, -0.2) is 0 Å². The molecule has 0 aliphatic carbocycles. The zero-order valence-corrected chi connectivity index (χ0v) is 10.6. The molecule has 0 saturated carbocycles. The Morgan fingerprint density at radius 1 is 1.50 bits per heavy atom. The van der Waals surface area contributed by atoms with Crippen LogP contribution < -0.4 is 0 Å². The van der Waals surface area contributed by atoms with Crippen molar-refractivity contribution in [1.82, 2.24) is 4.90 Å². The summed E-state index contributed by atoms with van der Waals surface area (Å²) in [5, 5.41) is 22.0. The highest BCUT2D eigenvalue weighted by molar-refractivity contribution is 5.76. The van der Waals surface area contributed by atoms with Crippen LogP contribution in [-0.2, 0) is 9.53 Å². The minimum atomic E-state index is -1.19. The Morgan fingerprint density at radius 2 is 2.11 bits per heavy atom. The lowest BCUT2D eigenvalue weighted by atomic mass is 9.71. The first-order valence-corrected chi connectivity index (χ1v) is 5.93. The summed E-state index contributed by atoms with van der Waals surface area (Å²) < 4.78 is 5.58. The second kappa shape index (κ2) is 4.25. The van der Waals surface area contributed by atoms with E-state index in [9.17, 15) is 14.8 Å². The molecule has 5 unspecified atom stereocenters. The van der Waals surface area contributed by atoms with Crippen molar-refractivity contribution in [2.75, 3.05) is 6.61 Å². The molecule has 0 radical (unpaired) electrons. The van der Waals surface area contributed by atoms with Gasteiger partial charge in [-0.15, -0.1) is 0 Å². The maximum absolute atomic E-state index is 11.6. The topological polar surface area (TPSA) is 99.4 Å². The first-order chi connectivity index (χ1) is 8.36. The maximum atomic E-state index is 11.6. The quantitative estimate of drug-likeness (QED) is 0.635. The van der Waals surface area contributed by atoms with E-state index in [1.54, 1.807) is 0 Å². The van der Waals surface area contributed by atoms with E-state index in [0.29, 0.717) is 0 Å². The molecule has 0 bridgehead atoms. The molecule has 2 aliphatic heterocycles. The van der Waals surface area contributed by atoms with Crippen molar-refractivity contribution in [2.24, 2.45) is 5.18 Å². The van der Waals surface area contributed by atoms with E-state index >= 15 is 0 Å². The number of hydrogen-bond donors (Lipinski definition) is 2. The molecule has 5 atom stereocenters. The lowest BCUT2D eigenvalue weighted by Crippen LogP contribution is -2.83. The van der Waals surface area contributed by atoms with E-state index in [-0.39, 0.29) is 12.5 Å². The van der Waals surface area contributed by atoms with Crippen LogP contribution in [0, 0.1) is 4.91 Å². The van der Waals surface area contributed by atoms with E-state index in [1.165, 1.54) is 11.8 Å². The van der Waals surface area contributed by atoms with Gasteiger partial charge in [-0.3, -0.25) is 4.79 Å². The third-order valence-corrected chi connectivity index (χ3v) is 3.97. The van der Waals surface area contributed by atoms with Crippen molar-refractivity contribution in [2.45, 2.75) is 56.7 Å². The normalized spacial score (nSPS) is 41.8. The smallest absolute Gasteiger partial charge is 0.220 e. The minimum absolute atomic E-state index is 0.187. The van der Waals surface area contributed by atoms with Crippen LogP contribution in [-0.4, -0.2) is 63.6 Å². The van der Waals surface area contributed by atoms with E-state index in [4.69, 9.17) is 9.84 Å². The van der Waals surface area contributed by atoms with Crippen molar-refractivity contribution < 1.29 is 19.7 Å². The predicted octanol–water partition coefficient (Wildman–Crippen LogP) is -0.749. The summed E-state index contributed by atoms with van der Waals surface area (Å²) in [4.78, 5) is 24.0. The highest BCUT2D eigenvalue weighted by atomic mass is 16.5. The molecule has 7 nitrogen and oxygen atoms in total. The number of fused-ring (bicyclic) bond motifs is 1. The van der Waals surface area contributed by atoms with Crippen molar-refractivity contribution in [1.29, 1.82) is 0 Å². The Kier molecular flexibility index (Phi) is 3.16. The lowest BCUT2D eigenvalue weighted by Gasteiger charge is -2.64. The van der Waals surface area contributed by atoms with Crippen LogP contribution in [0.2, 0.25) is 0 Å². The molecule has 18 heavy (non-hydrogen) atoms. The average Bonchev–Trinajstić information content (AvgIpc) is 2.28. The first-order valence-electron chi connectivity index (χ1n) is 5.93. The number of amides is 1. The molecule has 2 fully saturated rings. The summed E-state index contributed by atoms with van der Waals surface area (Å²) >= 11 is 0. The number of carbonyl (C=O) groups is 1. The number of aliphatic hydroxyl groups excluding tert-OH is 2. The van der Waals surface area contributed by atoms with Gasteiger partial charge < -0.3 is 19.8 Å². The minimum Gasteiger partial charge on any atom is -0.394 e. The zero-order valence-electron chi connectivity index (χ0n) is 10.6. The second-order valence-electron chi connectivity index (χ2n) is 5.40. The number of likely N-dealkylation sites (tertiary alicyclic amines) is 1. The van der Waals surface area contributed by atoms with Crippen molar-refractivity contribution in [3.63, 3.8) is 0 Å². The fourth-order valence-corrected chi connectivity index (χ4v) is 3.15. The Bertz CT molecular complexity index is 372. The van der Waals surface area contributed by atoms with Gasteiger partial charge in [-0.05, 0) is 13.8 Å². The molecule has 1 amide bonds. The fraction of sp³-hybridized carbons (Fsp3) is 0.909. The average molecular weight is 258 g/mol. The molecular formula is C11H18N2O5. The number of nitrogens with zero attached hydrogens (tertiary/aromatic N) is 2. The summed E-state index contributed by atoms with van der Waals surface area (Å²) in [6.07, 6.45) is -2.42. The number of carbonyl (C=O) groups excluding carboxylic acids is 1. The van der Waals surface area contributed by atoms with E-state index in [0.717, 1.165) is 0 Å². The Balaban J connectivity index is 2.31. The van der Waals surface area contributed by atoms with Crippen LogP contribution in [0.5, 0.6) is 0 Å². The molecule has 0 aromatic carbocycles. The summed E-state index contributed by atoms with van der Waals surface area (Å²) in [6, 6.07) is -1.51. The number of aliphatic hydroxyl groups is 2. The molecule has 2 heterocycles. The van der Waals surface area contributed by atoms with Gasteiger partial charge in [0.15, 0.2) is 0 Å². The highest BCUT2D eigenvalue weighted by Crippen LogP contribution is 2.45. The fourth-order valence-electron chi connectivity index (χ4n) is 3.15. The van der Waals surface area contributed by atoms with E-state index in [2.05, 4.69) is 5.18 Å². The van der Waals surface area contributed by atoms with E-state index in [1.807, 2.05) is 13.8 Å². The molecule has 0 aromatic rings. The van der Waals surface area contributed by atoms with Crippen LogP contribution in [0.1, 0.15) is 20.8 Å². The number of rotatable bonds is 2. The monoisotopic (exact) mass is 258 g/mol. The van der Waals surface area contributed by atoms with Crippen molar-refractivity contribution in [3.8, 4) is 0 Å². The van der Waals surface area contributed by atoms with Gasteiger partial charge in [0.1, 0.15) is 24.4 Å². The predicted molar refractivity (Wildman–Crippen MR) is 61.7 cm³/mol. The molecule has 0 aromatic heterocycles. The number of hydrogen-bond acceptors (Lipinski definition) is 6. The molecule has 2 aliphatic rings. The van der Waals surface area contributed by atoms with E-state index < -0.39 is 35.9 Å². The van der Waals surface area contributed by atoms with Gasteiger partial charge in [0.05, 0.1) is 18.2 Å². The summed E-state index contributed by atoms with van der Waals surface area (Å²) in [6.45, 7) is 4.67. The number of ether oxygens (including phenoxy) is 1. The summed E-state index contributed by atoms with van der Waals surface area (Å²) in [5.41, 5.74) is -0.562. The SMILES string of the molecule is CC(=O)N1C2C(N=O)C(O)C(CO)OC2C1(C)C. The third-order valence-electron chi connectivity index (χ3n) is 3.97. The van der Waals surface area contributed by atoms with Gasteiger partial charge in [0, 0.05) is 6.92 Å². The number of nitroso groups, excluding NO2 is 1. The molecule has 2 saturated heterocycles. The van der Waals surface area contributed by atoms with Gasteiger partial charge >= 0.3 is 0 Å². The largest absolute Gasteiger partial charge is 0.394 e. The summed E-state index contributed by atoms with van der Waals surface area (Å²) in [7, 11) is 0. The van der Waals surface area contributed by atoms with Gasteiger partial charge in [0.25, 0.3) is 0 Å². The zero-order chi connectivity index (χ0) is 13.7.